The molecule has 1 aliphatic rings. The SMILES string of the molecule is CCCC1CC(C(=O)Nc2ccc(CS(N)(=O)=O)cc2)NN1. The Hall–Kier alpha value is -1.48. The number of sulfonamides is 1. The second-order valence-electron chi connectivity index (χ2n) is 5.56. The Bertz CT molecular complexity index is 615. The fourth-order valence-corrected chi connectivity index (χ4v) is 3.13. The van der Waals surface area contributed by atoms with E-state index in [0.717, 1.165) is 19.3 Å². The molecular formula is C14H22N4O3S. The summed E-state index contributed by atoms with van der Waals surface area (Å²) in [4.78, 5) is 12.1. The third kappa shape index (κ3) is 5.06. The van der Waals surface area contributed by atoms with Crippen LogP contribution < -0.4 is 21.3 Å². The first kappa shape index (κ1) is 16.9. The van der Waals surface area contributed by atoms with Crippen LogP contribution in [0.4, 0.5) is 5.69 Å². The minimum absolute atomic E-state index is 0.106. The van der Waals surface area contributed by atoms with Gasteiger partial charge in [0, 0.05) is 11.7 Å². The molecule has 1 aliphatic heterocycles. The van der Waals surface area contributed by atoms with E-state index in [0.29, 0.717) is 17.3 Å². The van der Waals surface area contributed by atoms with Crippen LogP contribution in [0.1, 0.15) is 31.7 Å². The predicted molar refractivity (Wildman–Crippen MR) is 85.3 cm³/mol. The van der Waals surface area contributed by atoms with Crippen LogP contribution >= 0.6 is 0 Å². The molecule has 22 heavy (non-hydrogen) atoms. The Balaban J connectivity index is 1.89. The number of carbonyl (C=O) groups excluding carboxylic acids is 1. The summed E-state index contributed by atoms with van der Waals surface area (Å²) >= 11 is 0. The second kappa shape index (κ2) is 7.19. The number of hydrogen-bond donors (Lipinski definition) is 4. The van der Waals surface area contributed by atoms with Crippen molar-refractivity contribution in [3.05, 3.63) is 29.8 Å². The van der Waals surface area contributed by atoms with Gasteiger partial charge in [0.05, 0.1) is 5.75 Å². The van der Waals surface area contributed by atoms with Gasteiger partial charge in [-0.3, -0.25) is 10.2 Å². The lowest BCUT2D eigenvalue weighted by atomic mass is 10.1. The van der Waals surface area contributed by atoms with E-state index >= 15 is 0 Å². The summed E-state index contributed by atoms with van der Waals surface area (Å²) in [7, 11) is -3.54. The quantitative estimate of drug-likeness (QED) is 0.606. The summed E-state index contributed by atoms with van der Waals surface area (Å²) in [6.07, 6.45) is 2.85. The number of nitrogens with two attached hydrogens (primary N) is 1. The van der Waals surface area contributed by atoms with Gasteiger partial charge >= 0.3 is 0 Å². The number of benzene rings is 1. The van der Waals surface area contributed by atoms with Gasteiger partial charge in [0.25, 0.3) is 0 Å². The Kier molecular flexibility index (Phi) is 5.52. The molecule has 1 heterocycles. The average molecular weight is 326 g/mol. The van der Waals surface area contributed by atoms with Crippen LogP contribution in [0.5, 0.6) is 0 Å². The third-order valence-electron chi connectivity index (χ3n) is 3.52. The Labute approximate surface area is 130 Å². The minimum Gasteiger partial charge on any atom is -0.325 e. The molecule has 1 aromatic rings. The van der Waals surface area contributed by atoms with Gasteiger partial charge in [-0.1, -0.05) is 25.5 Å². The van der Waals surface area contributed by atoms with Crippen molar-refractivity contribution in [3.8, 4) is 0 Å². The summed E-state index contributed by atoms with van der Waals surface area (Å²) < 4.78 is 22.0. The van der Waals surface area contributed by atoms with Crippen molar-refractivity contribution in [2.24, 2.45) is 5.14 Å². The highest BCUT2D eigenvalue weighted by Gasteiger charge is 2.28. The van der Waals surface area contributed by atoms with Crippen molar-refractivity contribution in [1.29, 1.82) is 0 Å². The molecule has 0 aromatic heterocycles. The monoisotopic (exact) mass is 326 g/mol. The molecular weight excluding hydrogens is 304 g/mol. The number of anilines is 1. The van der Waals surface area contributed by atoms with E-state index < -0.39 is 10.0 Å². The van der Waals surface area contributed by atoms with Crippen LogP contribution in [0.15, 0.2) is 24.3 Å². The number of nitrogens with one attached hydrogen (secondary N) is 3. The molecule has 1 amide bonds. The normalized spacial score (nSPS) is 21.7. The smallest absolute Gasteiger partial charge is 0.242 e. The standard InChI is InChI=1S/C14H22N4O3S/c1-2-3-12-8-13(18-17-12)14(19)16-11-6-4-10(5-7-11)9-22(15,20)21/h4-7,12-13,17-18H,2-3,8-9H2,1H3,(H,16,19)(H2,15,20,21). The molecule has 7 nitrogen and oxygen atoms in total. The fourth-order valence-electron chi connectivity index (χ4n) is 2.48. The summed E-state index contributed by atoms with van der Waals surface area (Å²) in [5.41, 5.74) is 7.33. The maximum absolute atomic E-state index is 12.1. The Morgan fingerprint density at radius 2 is 2.00 bits per heavy atom. The molecule has 0 spiro atoms. The Morgan fingerprint density at radius 1 is 1.32 bits per heavy atom. The molecule has 1 aromatic carbocycles. The van der Waals surface area contributed by atoms with Gasteiger partial charge in [-0.05, 0) is 30.5 Å². The van der Waals surface area contributed by atoms with E-state index in [4.69, 9.17) is 5.14 Å². The van der Waals surface area contributed by atoms with E-state index in [1.54, 1.807) is 24.3 Å². The van der Waals surface area contributed by atoms with Gasteiger partial charge in [0.1, 0.15) is 6.04 Å². The summed E-state index contributed by atoms with van der Waals surface area (Å²) in [6.45, 7) is 2.11. The van der Waals surface area contributed by atoms with Crippen LogP contribution in [0.3, 0.4) is 0 Å². The number of carbonyl (C=O) groups is 1. The molecule has 122 valence electrons. The van der Waals surface area contributed by atoms with E-state index in [2.05, 4.69) is 23.1 Å². The molecule has 1 saturated heterocycles. The van der Waals surface area contributed by atoms with Crippen molar-refractivity contribution >= 4 is 21.6 Å². The molecule has 2 atom stereocenters. The predicted octanol–water partition coefficient (Wildman–Crippen LogP) is 0.449. The maximum Gasteiger partial charge on any atom is 0.242 e. The van der Waals surface area contributed by atoms with Gasteiger partial charge in [-0.15, -0.1) is 0 Å². The number of primary sulfonamides is 1. The topological polar surface area (TPSA) is 113 Å². The van der Waals surface area contributed by atoms with Gasteiger partial charge in [0.15, 0.2) is 0 Å². The van der Waals surface area contributed by atoms with Crippen molar-refractivity contribution in [3.63, 3.8) is 0 Å². The largest absolute Gasteiger partial charge is 0.325 e. The molecule has 0 radical (unpaired) electrons. The molecule has 1 fully saturated rings. The summed E-state index contributed by atoms with van der Waals surface area (Å²) in [6, 6.07) is 6.67. The van der Waals surface area contributed by atoms with Crippen LogP contribution in [-0.4, -0.2) is 26.4 Å². The van der Waals surface area contributed by atoms with Crippen LogP contribution in [0.25, 0.3) is 0 Å². The summed E-state index contributed by atoms with van der Waals surface area (Å²) in [5, 5.41) is 7.81. The van der Waals surface area contributed by atoms with Crippen molar-refractivity contribution < 1.29 is 13.2 Å². The van der Waals surface area contributed by atoms with E-state index in [-0.39, 0.29) is 17.7 Å². The fraction of sp³-hybridized carbons (Fsp3) is 0.500. The molecule has 0 bridgehead atoms. The molecule has 0 aliphatic carbocycles. The first-order valence-corrected chi connectivity index (χ1v) is 9.00. The van der Waals surface area contributed by atoms with Crippen molar-refractivity contribution in [2.75, 3.05) is 5.32 Å². The lowest BCUT2D eigenvalue weighted by Crippen LogP contribution is -2.40. The summed E-state index contributed by atoms with van der Waals surface area (Å²) in [5.74, 6) is -0.320. The highest BCUT2D eigenvalue weighted by molar-refractivity contribution is 7.88. The zero-order chi connectivity index (χ0) is 16.2. The van der Waals surface area contributed by atoms with Gasteiger partial charge in [-0.2, -0.15) is 0 Å². The minimum atomic E-state index is -3.54. The number of hydrazine groups is 1. The molecule has 0 saturated carbocycles. The first-order valence-electron chi connectivity index (χ1n) is 7.28. The van der Waals surface area contributed by atoms with Crippen molar-refractivity contribution in [2.45, 2.75) is 44.0 Å². The van der Waals surface area contributed by atoms with E-state index in [9.17, 15) is 13.2 Å². The molecule has 2 unspecified atom stereocenters. The van der Waals surface area contributed by atoms with Crippen LogP contribution in [0, 0.1) is 0 Å². The number of amides is 1. The van der Waals surface area contributed by atoms with Gasteiger partial charge in [-0.25, -0.2) is 19.0 Å². The molecule has 8 heteroatoms. The van der Waals surface area contributed by atoms with E-state index in [1.165, 1.54) is 0 Å². The second-order valence-corrected chi connectivity index (χ2v) is 7.17. The van der Waals surface area contributed by atoms with Gasteiger partial charge in [0.2, 0.25) is 15.9 Å². The van der Waals surface area contributed by atoms with Crippen LogP contribution in [-0.2, 0) is 20.6 Å². The molecule has 2 rings (SSSR count). The number of rotatable bonds is 6. The zero-order valence-electron chi connectivity index (χ0n) is 12.5. The van der Waals surface area contributed by atoms with Gasteiger partial charge < -0.3 is 5.32 Å². The molecule has 5 N–H and O–H groups in total. The van der Waals surface area contributed by atoms with Crippen LogP contribution in [0.2, 0.25) is 0 Å². The lowest BCUT2D eigenvalue weighted by Gasteiger charge is -2.11. The van der Waals surface area contributed by atoms with Crippen molar-refractivity contribution in [1.82, 2.24) is 10.9 Å². The van der Waals surface area contributed by atoms with E-state index in [1.807, 2.05) is 0 Å². The highest BCUT2D eigenvalue weighted by Crippen LogP contribution is 2.15. The lowest BCUT2D eigenvalue weighted by molar-refractivity contribution is -0.117. The highest BCUT2D eigenvalue weighted by atomic mass is 32.2. The maximum atomic E-state index is 12.1. The Morgan fingerprint density at radius 3 is 2.59 bits per heavy atom. The zero-order valence-corrected chi connectivity index (χ0v) is 13.3. The third-order valence-corrected chi connectivity index (χ3v) is 4.26. The average Bonchev–Trinajstić information content (AvgIpc) is 2.88. The number of hydrogen-bond acceptors (Lipinski definition) is 5. The first-order chi connectivity index (χ1) is 10.4.